The van der Waals surface area contributed by atoms with Gasteiger partial charge in [-0.05, 0) is 48.6 Å². The maximum absolute atomic E-state index is 6.33. The quantitative estimate of drug-likeness (QED) is 0.900. The molecule has 4 atom stereocenters. The van der Waals surface area contributed by atoms with Crippen LogP contribution in [0.2, 0.25) is 0 Å². The van der Waals surface area contributed by atoms with Crippen LogP contribution >= 0.6 is 0 Å². The van der Waals surface area contributed by atoms with Gasteiger partial charge in [0, 0.05) is 36.3 Å². The fourth-order valence-corrected chi connectivity index (χ4v) is 4.82. The number of fused-ring (bicyclic) bond motifs is 2. The molecule has 3 N–H and O–H groups in total. The molecule has 3 nitrogen and oxygen atoms in total. The maximum Gasteiger partial charge on any atom is 0.0384 e. The molecule has 0 saturated carbocycles. The van der Waals surface area contributed by atoms with Crippen molar-refractivity contribution >= 4 is 11.3 Å². The fraction of sp³-hybridized carbons (Fsp3) is 0.579. The van der Waals surface area contributed by atoms with Crippen LogP contribution in [0, 0.1) is 0 Å². The summed E-state index contributed by atoms with van der Waals surface area (Å²) in [6.07, 6.45) is 5.97. The van der Waals surface area contributed by atoms with E-state index in [0.29, 0.717) is 18.0 Å². The van der Waals surface area contributed by atoms with Crippen LogP contribution in [0.3, 0.4) is 0 Å². The molecule has 0 fully saturated rings. The van der Waals surface area contributed by atoms with Gasteiger partial charge in [0.25, 0.3) is 0 Å². The summed E-state index contributed by atoms with van der Waals surface area (Å²) < 4.78 is 0. The molecule has 0 radical (unpaired) electrons. The van der Waals surface area contributed by atoms with Crippen LogP contribution in [0.5, 0.6) is 0 Å². The van der Waals surface area contributed by atoms with E-state index in [4.69, 9.17) is 5.73 Å². The first-order valence-electron chi connectivity index (χ1n) is 8.84. The Labute approximate surface area is 133 Å². The van der Waals surface area contributed by atoms with Gasteiger partial charge in [0.15, 0.2) is 0 Å². The lowest BCUT2D eigenvalue weighted by atomic mass is 9.73. The lowest BCUT2D eigenvalue weighted by molar-refractivity contribution is 0.198. The number of rotatable bonds is 3. The molecule has 0 aromatic heterocycles. The highest BCUT2D eigenvalue weighted by Gasteiger charge is 2.43. The predicted molar refractivity (Wildman–Crippen MR) is 93.1 cm³/mol. The molecule has 1 aromatic rings. The Balaban J connectivity index is 1.82. The van der Waals surface area contributed by atoms with E-state index < -0.39 is 0 Å². The van der Waals surface area contributed by atoms with Gasteiger partial charge in [-0.1, -0.05) is 32.1 Å². The van der Waals surface area contributed by atoms with Gasteiger partial charge in [-0.2, -0.15) is 0 Å². The first kappa shape index (κ1) is 14.3. The zero-order valence-electron chi connectivity index (χ0n) is 13.7. The van der Waals surface area contributed by atoms with E-state index >= 15 is 0 Å². The van der Waals surface area contributed by atoms with Crippen LogP contribution in [0.1, 0.15) is 50.2 Å². The van der Waals surface area contributed by atoms with Crippen molar-refractivity contribution in [3.63, 3.8) is 0 Å². The Kier molecular flexibility index (Phi) is 3.50. The topological polar surface area (TPSA) is 41.3 Å². The van der Waals surface area contributed by atoms with E-state index in [-0.39, 0.29) is 6.04 Å². The third-order valence-corrected chi connectivity index (χ3v) is 5.68. The Bertz CT molecular complexity index is 607. The van der Waals surface area contributed by atoms with Gasteiger partial charge in [-0.3, -0.25) is 4.90 Å². The number of benzene rings is 1. The molecule has 4 rings (SSSR count). The number of hydrogen-bond donors (Lipinski definition) is 2. The number of nitrogens with zero attached hydrogens (tertiary/aromatic N) is 1. The van der Waals surface area contributed by atoms with Crippen molar-refractivity contribution in [2.45, 2.75) is 57.2 Å². The second-order valence-corrected chi connectivity index (χ2v) is 7.06. The van der Waals surface area contributed by atoms with Gasteiger partial charge in [-0.15, -0.1) is 0 Å². The van der Waals surface area contributed by atoms with E-state index in [2.05, 4.69) is 48.3 Å². The molecule has 0 saturated heterocycles. The average molecular weight is 297 g/mol. The smallest absolute Gasteiger partial charge is 0.0384 e. The lowest BCUT2D eigenvalue weighted by Crippen LogP contribution is -2.49. The average Bonchev–Trinajstić information content (AvgIpc) is 2.88. The highest BCUT2D eigenvalue weighted by molar-refractivity contribution is 5.82. The van der Waals surface area contributed by atoms with Gasteiger partial charge in [0.05, 0.1) is 0 Å². The minimum atomic E-state index is 0.168. The van der Waals surface area contributed by atoms with Crippen molar-refractivity contribution in [2.24, 2.45) is 5.73 Å². The standard InChI is InChI=1S/C19H27N3/c1-3-8-22-11-12(20)9-14-13-6-5-7-17-19(13)15(10-18(14)22)16(4-2)21-17/h5-7,9,12,15-16,18,21H,3-4,8,10-11,20H2,1-2H3/t12-,15+,16?,18+/m0/s1. The van der Waals surface area contributed by atoms with Crippen LogP contribution < -0.4 is 11.1 Å². The van der Waals surface area contributed by atoms with Gasteiger partial charge in [0.1, 0.15) is 0 Å². The van der Waals surface area contributed by atoms with Crippen LogP contribution in [0.15, 0.2) is 24.3 Å². The van der Waals surface area contributed by atoms with E-state index in [9.17, 15) is 0 Å². The molecule has 2 heterocycles. The molecule has 1 aliphatic carbocycles. The fourth-order valence-electron chi connectivity index (χ4n) is 4.82. The zero-order valence-corrected chi connectivity index (χ0v) is 13.7. The predicted octanol–water partition coefficient (Wildman–Crippen LogP) is 3.18. The van der Waals surface area contributed by atoms with Crippen molar-refractivity contribution < 1.29 is 0 Å². The molecular formula is C19H27N3. The maximum atomic E-state index is 6.33. The highest BCUT2D eigenvalue weighted by Crippen LogP contribution is 2.50. The van der Waals surface area contributed by atoms with Crippen molar-refractivity contribution in [3.05, 3.63) is 35.4 Å². The lowest BCUT2D eigenvalue weighted by Gasteiger charge is -2.44. The largest absolute Gasteiger partial charge is 0.381 e. The van der Waals surface area contributed by atoms with E-state index in [0.717, 1.165) is 13.1 Å². The summed E-state index contributed by atoms with van der Waals surface area (Å²) in [5.74, 6) is 0.659. The molecular weight excluding hydrogens is 270 g/mol. The first-order chi connectivity index (χ1) is 10.7. The van der Waals surface area contributed by atoms with Crippen molar-refractivity contribution in [1.82, 2.24) is 4.90 Å². The second kappa shape index (κ2) is 5.39. The molecule has 22 heavy (non-hydrogen) atoms. The second-order valence-electron chi connectivity index (χ2n) is 7.06. The number of nitrogens with two attached hydrogens (primary N) is 1. The Hall–Kier alpha value is -1.32. The van der Waals surface area contributed by atoms with Crippen LogP contribution in [0.25, 0.3) is 5.57 Å². The summed E-state index contributed by atoms with van der Waals surface area (Å²) >= 11 is 0. The Morgan fingerprint density at radius 2 is 2.18 bits per heavy atom. The van der Waals surface area contributed by atoms with Gasteiger partial charge >= 0.3 is 0 Å². The molecule has 0 spiro atoms. The van der Waals surface area contributed by atoms with Crippen LogP contribution in [-0.4, -0.2) is 36.1 Å². The summed E-state index contributed by atoms with van der Waals surface area (Å²) in [5, 5.41) is 3.76. The normalized spacial score (nSPS) is 33.0. The SMILES string of the molecule is CCCN1C[C@@H](N)C=C2c3cccc4c3[C@H](C[C@H]21)C(CC)N4. The van der Waals surface area contributed by atoms with Crippen molar-refractivity contribution in [1.29, 1.82) is 0 Å². The van der Waals surface area contributed by atoms with E-state index in [1.807, 2.05) is 0 Å². The van der Waals surface area contributed by atoms with E-state index in [1.54, 1.807) is 5.56 Å². The van der Waals surface area contributed by atoms with Crippen LogP contribution in [0.4, 0.5) is 5.69 Å². The van der Waals surface area contributed by atoms with Crippen LogP contribution in [-0.2, 0) is 0 Å². The Morgan fingerprint density at radius 1 is 1.32 bits per heavy atom. The Morgan fingerprint density at radius 3 is 2.95 bits per heavy atom. The zero-order chi connectivity index (χ0) is 15.3. The summed E-state index contributed by atoms with van der Waals surface area (Å²) in [6, 6.07) is 8.07. The molecule has 118 valence electrons. The monoisotopic (exact) mass is 297 g/mol. The third-order valence-electron chi connectivity index (χ3n) is 5.68. The number of hydrogen-bond acceptors (Lipinski definition) is 3. The van der Waals surface area contributed by atoms with Gasteiger partial charge in [0.2, 0.25) is 0 Å². The van der Waals surface area contributed by atoms with Crippen molar-refractivity contribution in [3.8, 4) is 0 Å². The molecule has 3 aliphatic rings. The number of anilines is 1. The molecule has 1 unspecified atom stereocenters. The summed E-state index contributed by atoms with van der Waals surface area (Å²) in [6.45, 7) is 6.73. The van der Waals surface area contributed by atoms with Crippen molar-refractivity contribution in [2.75, 3.05) is 18.4 Å². The number of nitrogens with one attached hydrogen (secondary N) is 1. The van der Waals surface area contributed by atoms with Gasteiger partial charge in [-0.25, -0.2) is 0 Å². The first-order valence-corrected chi connectivity index (χ1v) is 8.84. The highest BCUT2D eigenvalue weighted by atomic mass is 15.2. The minimum absolute atomic E-state index is 0.168. The van der Waals surface area contributed by atoms with Gasteiger partial charge < -0.3 is 11.1 Å². The summed E-state index contributed by atoms with van der Waals surface area (Å²) in [4.78, 5) is 2.63. The van der Waals surface area contributed by atoms with E-state index in [1.165, 1.54) is 36.1 Å². The summed E-state index contributed by atoms with van der Waals surface area (Å²) in [7, 11) is 0. The molecule has 0 bridgehead atoms. The molecule has 3 heteroatoms. The molecule has 2 aliphatic heterocycles. The summed E-state index contributed by atoms with van der Waals surface area (Å²) in [5.41, 5.74) is 12.2. The third kappa shape index (κ3) is 2.03. The molecule has 0 amide bonds. The molecule has 1 aromatic carbocycles. The minimum Gasteiger partial charge on any atom is -0.381 e.